The van der Waals surface area contributed by atoms with Crippen molar-refractivity contribution in [2.75, 3.05) is 18.4 Å². The number of benzene rings is 1. The number of nitrogens with one attached hydrogen (secondary N) is 1. The van der Waals surface area contributed by atoms with Crippen molar-refractivity contribution in [3.8, 4) is 5.75 Å². The molecule has 1 fully saturated rings. The Morgan fingerprint density at radius 1 is 1.26 bits per heavy atom. The van der Waals surface area contributed by atoms with Crippen LogP contribution < -0.4 is 5.32 Å². The Labute approximate surface area is 112 Å². The van der Waals surface area contributed by atoms with Gasteiger partial charge < -0.3 is 15.3 Å². The minimum absolute atomic E-state index is 0.0551. The molecule has 1 heterocycles. The van der Waals surface area contributed by atoms with Crippen LogP contribution in [0, 0.1) is 5.92 Å². The molecule has 0 radical (unpaired) electrons. The van der Waals surface area contributed by atoms with E-state index >= 15 is 0 Å². The van der Waals surface area contributed by atoms with Gasteiger partial charge in [-0.25, -0.2) is 0 Å². The summed E-state index contributed by atoms with van der Waals surface area (Å²) in [6, 6.07) is 6.66. The molecule has 19 heavy (non-hydrogen) atoms. The number of aromatic hydroxyl groups is 1. The second kappa shape index (κ2) is 5.73. The molecule has 1 aliphatic heterocycles. The van der Waals surface area contributed by atoms with Crippen molar-refractivity contribution < 1.29 is 14.7 Å². The van der Waals surface area contributed by atoms with Crippen molar-refractivity contribution in [2.45, 2.75) is 19.8 Å². The van der Waals surface area contributed by atoms with E-state index in [4.69, 9.17) is 0 Å². The average molecular weight is 262 g/mol. The highest BCUT2D eigenvalue weighted by atomic mass is 16.3. The van der Waals surface area contributed by atoms with Gasteiger partial charge in [0.25, 0.3) is 0 Å². The second-order valence-electron chi connectivity index (χ2n) is 4.79. The topological polar surface area (TPSA) is 69.6 Å². The highest BCUT2D eigenvalue weighted by Crippen LogP contribution is 2.24. The van der Waals surface area contributed by atoms with Gasteiger partial charge in [0, 0.05) is 25.9 Å². The zero-order chi connectivity index (χ0) is 13.8. The molecule has 2 amide bonds. The Hall–Kier alpha value is -2.04. The SMILES string of the molecule is CC(=O)N1CCC(C(=O)Nc2ccccc2O)CC1. The van der Waals surface area contributed by atoms with Gasteiger partial charge >= 0.3 is 0 Å². The number of piperidine rings is 1. The predicted molar refractivity (Wildman–Crippen MR) is 71.7 cm³/mol. The van der Waals surface area contributed by atoms with E-state index < -0.39 is 0 Å². The van der Waals surface area contributed by atoms with E-state index in [9.17, 15) is 14.7 Å². The molecule has 0 saturated carbocycles. The van der Waals surface area contributed by atoms with Crippen LogP contribution in [0.1, 0.15) is 19.8 Å². The Bertz CT molecular complexity index is 479. The lowest BCUT2D eigenvalue weighted by Gasteiger charge is -2.30. The predicted octanol–water partition coefficient (Wildman–Crippen LogP) is 1.59. The number of nitrogens with zero attached hydrogens (tertiary/aromatic N) is 1. The smallest absolute Gasteiger partial charge is 0.227 e. The number of para-hydroxylation sites is 2. The standard InChI is InChI=1S/C14H18N2O3/c1-10(17)16-8-6-11(7-9-16)14(19)15-12-4-2-3-5-13(12)18/h2-5,11,18H,6-9H2,1H3,(H,15,19). The number of amides is 2. The molecule has 0 unspecified atom stereocenters. The number of carbonyl (C=O) groups excluding carboxylic acids is 2. The van der Waals surface area contributed by atoms with Crippen LogP contribution in [0.15, 0.2) is 24.3 Å². The van der Waals surface area contributed by atoms with Crippen molar-refractivity contribution in [1.29, 1.82) is 0 Å². The van der Waals surface area contributed by atoms with E-state index in [0.29, 0.717) is 31.6 Å². The Kier molecular flexibility index (Phi) is 4.04. The third-order valence-corrected chi connectivity index (χ3v) is 3.47. The molecule has 0 aliphatic carbocycles. The zero-order valence-electron chi connectivity index (χ0n) is 10.9. The molecule has 2 rings (SSSR count). The van der Waals surface area contributed by atoms with E-state index in [1.807, 2.05) is 0 Å². The molecule has 102 valence electrons. The number of hydrogen-bond acceptors (Lipinski definition) is 3. The van der Waals surface area contributed by atoms with Crippen molar-refractivity contribution in [2.24, 2.45) is 5.92 Å². The summed E-state index contributed by atoms with van der Waals surface area (Å²) in [7, 11) is 0. The monoisotopic (exact) mass is 262 g/mol. The number of anilines is 1. The van der Waals surface area contributed by atoms with Crippen LogP contribution in [0.2, 0.25) is 0 Å². The van der Waals surface area contributed by atoms with Gasteiger partial charge in [-0.15, -0.1) is 0 Å². The molecule has 5 nitrogen and oxygen atoms in total. The van der Waals surface area contributed by atoms with Gasteiger partial charge in [0.2, 0.25) is 11.8 Å². The van der Waals surface area contributed by atoms with E-state index in [-0.39, 0.29) is 23.5 Å². The van der Waals surface area contributed by atoms with Gasteiger partial charge in [-0.2, -0.15) is 0 Å². The van der Waals surface area contributed by atoms with Crippen LogP contribution in [0.25, 0.3) is 0 Å². The largest absolute Gasteiger partial charge is 0.506 e. The molecular formula is C14H18N2O3. The normalized spacial score (nSPS) is 16.2. The summed E-state index contributed by atoms with van der Waals surface area (Å²) in [4.78, 5) is 25.0. The molecule has 1 aromatic rings. The minimum Gasteiger partial charge on any atom is -0.506 e. The van der Waals surface area contributed by atoms with Gasteiger partial charge in [0.15, 0.2) is 0 Å². The summed E-state index contributed by atoms with van der Waals surface area (Å²) in [5, 5.41) is 12.3. The van der Waals surface area contributed by atoms with Crippen molar-refractivity contribution in [3.05, 3.63) is 24.3 Å². The highest BCUT2D eigenvalue weighted by Gasteiger charge is 2.26. The first-order chi connectivity index (χ1) is 9.08. The molecule has 1 saturated heterocycles. The van der Waals surface area contributed by atoms with Crippen LogP contribution >= 0.6 is 0 Å². The first-order valence-corrected chi connectivity index (χ1v) is 6.42. The molecule has 0 bridgehead atoms. The van der Waals surface area contributed by atoms with Gasteiger partial charge in [0.05, 0.1) is 5.69 Å². The molecule has 0 aromatic heterocycles. The number of phenolic OH excluding ortho intramolecular Hbond substituents is 1. The fourth-order valence-corrected chi connectivity index (χ4v) is 2.27. The highest BCUT2D eigenvalue weighted by molar-refractivity contribution is 5.94. The third-order valence-electron chi connectivity index (χ3n) is 3.47. The molecule has 1 aromatic carbocycles. The maximum absolute atomic E-state index is 12.1. The zero-order valence-corrected chi connectivity index (χ0v) is 10.9. The Morgan fingerprint density at radius 3 is 2.47 bits per heavy atom. The van der Waals surface area contributed by atoms with E-state index in [0.717, 1.165) is 0 Å². The van der Waals surface area contributed by atoms with Gasteiger partial charge in [0.1, 0.15) is 5.75 Å². The van der Waals surface area contributed by atoms with Crippen molar-refractivity contribution >= 4 is 17.5 Å². The maximum Gasteiger partial charge on any atom is 0.227 e. The number of hydrogen-bond donors (Lipinski definition) is 2. The summed E-state index contributed by atoms with van der Waals surface area (Å²) in [5.74, 6) is -0.0727. The first-order valence-electron chi connectivity index (χ1n) is 6.42. The van der Waals surface area contributed by atoms with Gasteiger partial charge in [-0.3, -0.25) is 9.59 Å². The van der Waals surface area contributed by atoms with Crippen molar-refractivity contribution in [1.82, 2.24) is 4.90 Å². The Morgan fingerprint density at radius 2 is 1.89 bits per heavy atom. The lowest BCUT2D eigenvalue weighted by molar-refractivity contribution is -0.132. The van der Waals surface area contributed by atoms with E-state index in [2.05, 4.69) is 5.32 Å². The van der Waals surface area contributed by atoms with Crippen LogP contribution in [0.4, 0.5) is 5.69 Å². The number of likely N-dealkylation sites (tertiary alicyclic amines) is 1. The van der Waals surface area contributed by atoms with Gasteiger partial charge in [-0.1, -0.05) is 12.1 Å². The molecule has 2 N–H and O–H groups in total. The molecular weight excluding hydrogens is 244 g/mol. The maximum atomic E-state index is 12.1. The Balaban J connectivity index is 1.92. The van der Waals surface area contributed by atoms with Crippen LogP contribution in [0.3, 0.4) is 0 Å². The summed E-state index contributed by atoms with van der Waals surface area (Å²) >= 11 is 0. The minimum atomic E-state index is -0.102. The molecule has 0 atom stereocenters. The summed E-state index contributed by atoms with van der Waals surface area (Å²) < 4.78 is 0. The summed E-state index contributed by atoms with van der Waals surface area (Å²) in [5.41, 5.74) is 0.432. The summed E-state index contributed by atoms with van der Waals surface area (Å²) in [6.07, 6.45) is 1.33. The summed E-state index contributed by atoms with van der Waals surface area (Å²) in [6.45, 7) is 2.78. The fraction of sp³-hybridized carbons (Fsp3) is 0.429. The van der Waals surface area contributed by atoms with Crippen molar-refractivity contribution in [3.63, 3.8) is 0 Å². The second-order valence-corrected chi connectivity index (χ2v) is 4.79. The van der Waals surface area contributed by atoms with Gasteiger partial charge in [-0.05, 0) is 25.0 Å². The third kappa shape index (κ3) is 3.24. The van der Waals surface area contributed by atoms with Crippen LogP contribution in [-0.4, -0.2) is 34.9 Å². The lowest BCUT2D eigenvalue weighted by atomic mass is 9.96. The van der Waals surface area contributed by atoms with Crippen LogP contribution in [0.5, 0.6) is 5.75 Å². The van der Waals surface area contributed by atoms with Crippen LogP contribution in [-0.2, 0) is 9.59 Å². The van der Waals surface area contributed by atoms with E-state index in [1.54, 1.807) is 30.0 Å². The number of rotatable bonds is 2. The van der Waals surface area contributed by atoms with E-state index in [1.165, 1.54) is 6.07 Å². The lowest BCUT2D eigenvalue weighted by Crippen LogP contribution is -2.40. The molecule has 5 heteroatoms. The molecule has 0 spiro atoms. The number of phenols is 1. The number of carbonyl (C=O) groups is 2. The quantitative estimate of drug-likeness (QED) is 0.795. The first kappa shape index (κ1) is 13.4. The fourth-order valence-electron chi connectivity index (χ4n) is 2.27. The average Bonchev–Trinajstić information content (AvgIpc) is 2.41. The molecule has 1 aliphatic rings.